The van der Waals surface area contributed by atoms with Crippen LogP contribution >= 0.6 is 0 Å². The summed E-state index contributed by atoms with van der Waals surface area (Å²) in [5.74, 6) is 0.892. The minimum atomic E-state index is 0.596. The van der Waals surface area contributed by atoms with Gasteiger partial charge < -0.3 is 15.2 Å². The molecule has 15 heavy (non-hydrogen) atoms. The number of hydrogen-bond acceptors (Lipinski definition) is 3. The van der Waals surface area contributed by atoms with Crippen molar-refractivity contribution in [3.05, 3.63) is 29.8 Å². The largest absolute Gasteiger partial charge is 0.491 e. The van der Waals surface area contributed by atoms with E-state index in [4.69, 9.17) is 15.2 Å². The molecule has 0 aliphatic heterocycles. The topological polar surface area (TPSA) is 44.5 Å². The molecule has 0 aliphatic rings. The van der Waals surface area contributed by atoms with E-state index in [1.807, 2.05) is 12.1 Å². The molecule has 2 N–H and O–H groups in total. The minimum absolute atomic E-state index is 0.596. The maximum atomic E-state index is 5.46. The van der Waals surface area contributed by atoms with Crippen molar-refractivity contribution in [1.29, 1.82) is 0 Å². The van der Waals surface area contributed by atoms with Gasteiger partial charge in [-0.1, -0.05) is 12.1 Å². The van der Waals surface area contributed by atoms with Gasteiger partial charge in [0.25, 0.3) is 0 Å². The van der Waals surface area contributed by atoms with Crippen LogP contribution in [0.1, 0.15) is 12.0 Å². The Morgan fingerprint density at radius 3 is 2.47 bits per heavy atom. The molecule has 0 amide bonds. The highest BCUT2D eigenvalue weighted by molar-refractivity contribution is 5.27. The van der Waals surface area contributed by atoms with E-state index in [-0.39, 0.29) is 0 Å². The van der Waals surface area contributed by atoms with Crippen molar-refractivity contribution in [3.63, 3.8) is 0 Å². The summed E-state index contributed by atoms with van der Waals surface area (Å²) in [7, 11) is 1.67. The summed E-state index contributed by atoms with van der Waals surface area (Å²) in [6.07, 6.45) is 2.07. The summed E-state index contributed by atoms with van der Waals surface area (Å²) in [6, 6.07) is 8.14. The molecule has 3 nitrogen and oxygen atoms in total. The van der Waals surface area contributed by atoms with E-state index >= 15 is 0 Å². The van der Waals surface area contributed by atoms with Crippen LogP contribution in [0.25, 0.3) is 0 Å². The zero-order valence-corrected chi connectivity index (χ0v) is 9.24. The quantitative estimate of drug-likeness (QED) is 0.694. The zero-order valence-electron chi connectivity index (χ0n) is 9.24. The van der Waals surface area contributed by atoms with E-state index in [0.717, 1.165) is 25.1 Å². The molecule has 0 fully saturated rings. The monoisotopic (exact) mass is 209 g/mol. The summed E-state index contributed by atoms with van der Waals surface area (Å²) < 4.78 is 10.4. The van der Waals surface area contributed by atoms with E-state index in [1.165, 1.54) is 5.56 Å². The van der Waals surface area contributed by atoms with Crippen LogP contribution in [0, 0.1) is 0 Å². The van der Waals surface area contributed by atoms with Crippen LogP contribution in [-0.4, -0.2) is 26.9 Å². The Kier molecular flexibility index (Phi) is 5.81. The third-order valence-corrected chi connectivity index (χ3v) is 2.15. The molecular formula is C12H19NO2. The maximum absolute atomic E-state index is 5.46. The van der Waals surface area contributed by atoms with E-state index < -0.39 is 0 Å². The van der Waals surface area contributed by atoms with Gasteiger partial charge in [-0.05, 0) is 37.1 Å². The standard InChI is InChI=1S/C12H19NO2/c1-14-9-10-15-12-6-4-11(5-7-12)3-2-8-13/h4-7H,2-3,8-10,13H2,1H3. The van der Waals surface area contributed by atoms with Gasteiger partial charge in [0.15, 0.2) is 0 Å². The van der Waals surface area contributed by atoms with Gasteiger partial charge in [0.1, 0.15) is 12.4 Å². The average Bonchev–Trinajstić information content (AvgIpc) is 2.28. The number of rotatable bonds is 7. The van der Waals surface area contributed by atoms with Gasteiger partial charge in [-0.2, -0.15) is 0 Å². The SMILES string of the molecule is COCCOc1ccc(CCCN)cc1. The van der Waals surface area contributed by atoms with Gasteiger partial charge in [0.05, 0.1) is 6.61 Å². The fourth-order valence-electron chi connectivity index (χ4n) is 1.30. The number of nitrogens with two attached hydrogens (primary N) is 1. The lowest BCUT2D eigenvalue weighted by atomic mass is 10.1. The predicted molar refractivity (Wildman–Crippen MR) is 61.2 cm³/mol. The molecule has 0 aliphatic carbocycles. The first kappa shape index (κ1) is 12.0. The Hall–Kier alpha value is -1.06. The highest BCUT2D eigenvalue weighted by atomic mass is 16.5. The van der Waals surface area contributed by atoms with Crippen molar-refractivity contribution in [2.75, 3.05) is 26.9 Å². The summed E-state index contributed by atoms with van der Waals surface area (Å²) in [4.78, 5) is 0. The first-order valence-electron chi connectivity index (χ1n) is 5.27. The predicted octanol–water partition coefficient (Wildman–Crippen LogP) is 1.60. The average molecular weight is 209 g/mol. The van der Waals surface area contributed by atoms with Crippen molar-refractivity contribution in [2.45, 2.75) is 12.8 Å². The van der Waals surface area contributed by atoms with Crippen molar-refractivity contribution in [1.82, 2.24) is 0 Å². The first-order valence-corrected chi connectivity index (χ1v) is 5.27. The second-order valence-corrected chi connectivity index (χ2v) is 3.38. The molecule has 1 rings (SSSR count). The van der Waals surface area contributed by atoms with Crippen molar-refractivity contribution in [2.24, 2.45) is 5.73 Å². The lowest BCUT2D eigenvalue weighted by Gasteiger charge is -2.06. The van der Waals surface area contributed by atoms with Crippen LogP contribution < -0.4 is 10.5 Å². The van der Waals surface area contributed by atoms with Crippen LogP contribution in [0.4, 0.5) is 0 Å². The molecule has 0 aromatic heterocycles. The fraction of sp³-hybridized carbons (Fsp3) is 0.500. The smallest absolute Gasteiger partial charge is 0.119 e. The molecule has 1 aromatic carbocycles. The second-order valence-electron chi connectivity index (χ2n) is 3.38. The molecule has 84 valence electrons. The highest BCUT2D eigenvalue weighted by Gasteiger charge is 1.95. The van der Waals surface area contributed by atoms with Crippen molar-refractivity contribution >= 4 is 0 Å². The molecular weight excluding hydrogens is 190 g/mol. The normalized spacial score (nSPS) is 10.3. The van der Waals surface area contributed by atoms with Crippen LogP contribution in [-0.2, 0) is 11.2 Å². The number of aryl methyl sites for hydroxylation is 1. The fourth-order valence-corrected chi connectivity index (χ4v) is 1.30. The Morgan fingerprint density at radius 1 is 1.13 bits per heavy atom. The van der Waals surface area contributed by atoms with Gasteiger partial charge >= 0.3 is 0 Å². The Balaban J connectivity index is 2.35. The van der Waals surface area contributed by atoms with Gasteiger partial charge in [-0.25, -0.2) is 0 Å². The number of methoxy groups -OCH3 is 1. The van der Waals surface area contributed by atoms with E-state index in [0.29, 0.717) is 13.2 Å². The summed E-state index contributed by atoms with van der Waals surface area (Å²) >= 11 is 0. The Morgan fingerprint density at radius 2 is 1.87 bits per heavy atom. The van der Waals surface area contributed by atoms with Gasteiger partial charge in [0, 0.05) is 7.11 Å². The lowest BCUT2D eigenvalue weighted by molar-refractivity contribution is 0.146. The lowest BCUT2D eigenvalue weighted by Crippen LogP contribution is -2.04. The molecule has 0 bridgehead atoms. The molecule has 3 heteroatoms. The minimum Gasteiger partial charge on any atom is -0.491 e. The Labute approximate surface area is 91.2 Å². The summed E-state index contributed by atoms with van der Waals surface area (Å²) in [5.41, 5.74) is 6.75. The van der Waals surface area contributed by atoms with Crippen LogP contribution in [0.3, 0.4) is 0 Å². The molecule has 0 unspecified atom stereocenters. The van der Waals surface area contributed by atoms with Gasteiger partial charge in [-0.15, -0.1) is 0 Å². The molecule has 0 radical (unpaired) electrons. The van der Waals surface area contributed by atoms with Gasteiger partial charge in [-0.3, -0.25) is 0 Å². The molecule has 0 atom stereocenters. The second kappa shape index (κ2) is 7.26. The summed E-state index contributed by atoms with van der Waals surface area (Å²) in [6.45, 7) is 1.96. The van der Waals surface area contributed by atoms with Crippen LogP contribution in [0.2, 0.25) is 0 Å². The third kappa shape index (κ3) is 4.81. The van der Waals surface area contributed by atoms with Gasteiger partial charge in [0.2, 0.25) is 0 Å². The van der Waals surface area contributed by atoms with E-state index in [1.54, 1.807) is 7.11 Å². The summed E-state index contributed by atoms with van der Waals surface area (Å²) in [5, 5.41) is 0. The third-order valence-electron chi connectivity index (χ3n) is 2.15. The molecule has 0 saturated heterocycles. The van der Waals surface area contributed by atoms with E-state index in [9.17, 15) is 0 Å². The number of hydrogen-bond donors (Lipinski definition) is 1. The maximum Gasteiger partial charge on any atom is 0.119 e. The first-order chi connectivity index (χ1) is 7.36. The highest BCUT2D eigenvalue weighted by Crippen LogP contribution is 2.12. The molecule has 0 heterocycles. The molecule has 0 saturated carbocycles. The van der Waals surface area contributed by atoms with Crippen molar-refractivity contribution in [3.8, 4) is 5.75 Å². The molecule has 0 spiro atoms. The van der Waals surface area contributed by atoms with Crippen LogP contribution in [0.5, 0.6) is 5.75 Å². The zero-order chi connectivity index (χ0) is 10.9. The van der Waals surface area contributed by atoms with E-state index in [2.05, 4.69) is 12.1 Å². The molecule has 1 aromatic rings. The van der Waals surface area contributed by atoms with Crippen LogP contribution in [0.15, 0.2) is 24.3 Å². The number of ether oxygens (including phenoxy) is 2. The van der Waals surface area contributed by atoms with Crippen molar-refractivity contribution < 1.29 is 9.47 Å². The number of benzene rings is 1. The Bertz CT molecular complexity index is 259.